The number of anilines is 1. The van der Waals surface area contributed by atoms with Crippen molar-refractivity contribution in [2.24, 2.45) is 5.92 Å². The number of aromatic nitrogens is 1. The molecule has 0 atom stereocenters. The summed E-state index contributed by atoms with van der Waals surface area (Å²) in [4.78, 5) is 33.3. The van der Waals surface area contributed by atoms with Gasteiger partial charge in [0.15, 0.2) is 0 Å². The van der Waals surface area contributed by atoms with Gasteiger partial charge in [0, 0.05) is 35.6 Å². The van der Waals surface area contributed by atoms with Crippen molar-refractivity contribution in [3.8, 4) is 10.6 Å². The van der Waals surface area contributed by atoms with E-state index >= 15 is 0 Å². The number of ether oxygens (including phenoxy) is 1. The first kappa shape index (κ1) is 27.8. The van der Waals surface area contributed by atoms with Crippen LogP contribution in [0.3, 0.4) is 0 Å². The predicted molar refractivity (Wildman–Crippen MR) is 161 cm³/mol. The fourth-order valence-corrected chi connectivity index (χ4v) is 9.15. The van der Waals surface area contributed by atoms with Crippen LogP contribution in [0, 0.1) is 5.92 Å². The van der Waals surface area contributed by atoms with Crippen LogP contribution < -0.4 is 5.32 Å². The molecule has 1 fully saturated rings. The standard InChI is InChI=1S/C29H30N4O5S3/c1-18-11-15-33(16-12-18)41(36,37)20-9-7-19(8-10-20)26(34)31-28-25(27-30-22-5-3-4-6-23(22)39-27)21-13-14-32(29(35)38-2)17-24(21)40-28/h3-10,18H,11-17H2,1-2H3,(H,31,34). The summed E-state index contributed by atoms with van der Waals surface area (Å²) in [5.41, 5.74) is 3.19. The van der Waals surface area contributed by atoms with Crippen molar-refractivity contribution >= 4 is 59.9 Å². The Bertz CT molecular complexity index is 1690. The number of nitrogens with one attached hydrogen (secondary N) is 1. The van der Waals surface area contributed by atoms with E-state index in [0.29, 0.717) is 49.1 Å². The number of benzene rings is 2. The molecule has 6 rings (SSSR count). The zero-order valence-corrected chi connectivity index (χ0v) is 25.2. The van der Waals surface area contributed by atoms with Crippen molar-refractivity contribution in [1.29, 1.82) is 0 Å². The maximum absolute atomic E-state index is 13.4. The van der Waals surface area contributed by atoms with Crippen molar-refractivity contribution in [2.75, 3.05) is 32.1 Å². The first-order valence-electron chi connectivity index (χ1n) is 13.5. The Kier molecular flexibility index (Phi) is 7.58. The van der Waals surface area contributed by atoms with Crippen molar-refractivity contribution in [3.63, 3.8) is 0 Å². The number of piperidine rings is 1. The fraction of sp³-hybridized carbons (Fsp3) is 0.345. The molecule has 1 saturated heterocycles. The summed E-state index contributed by atoms with van der Waals surface area (Å²) in [7, 11) is -2.24. The first-order chi connectivity index (χ1) is 19.7. The van der Waals surface area contributed by atoms with Gasteiger partial charge in [0.1, 0.15) is 10.0 Å². The van der Waals surface area contributed by atoms with Crippen LogP contribution in [-0.2, 0) is 27.7 Å². The van der Waals surface area contributed by atoms with E-state index in [0.717, 1.165) is 44.1 Å². The normalized spacial score (nSPS) is 16.5. The van der Waals surface area contributed by atoms with Gasteiger partial charge in [0.25, 0.3) is 5.91 Å². The van der Waals surface area contributed by atoms with E-state index in [1.807, 2.05) is 24.3 Å². The molecule has 4 heterocycles. The number of fused-ring (bicyclic) bond motifs is 2. The van der Waals surface area contributed by atoms with E-state index in [-0.39, 0.29) is 16.9 Å². The van der Waals surface area contributed by atoms with Gasteiger partial charge in [-0.2, -0.15) is 4.31 Å². The summed E-state index contributed by atoms with van der Waals surface area (Å²) in [6, 6.07) is 14.0. The fourth-order valence-electron chi connectivity index (χ4n) is 5.31. The van der Waals surface area contributed by atoms with Crippen LogP contribution >= 0.6 is 22.7 Å². The maximum atomic E-state index is 13.4. The number of carbonyl (C=O) groups is 2. The number of para-hydroxylation sites is 1. The van der Waals surface area contributed by atoms with Crippen molar-refractivity contribution in [1.82, 2.24) is 14.2 Å². The van der Waals surface area contributed by atoms with Crippen molar-refractivity contribution in [2.45, 2.75) is 37.6 Å². The number of hydrogen-bond donors (Lipinski definition) is 1. The Hall–Kier alpha value is -3.32. The first-order valence-corrected chi connectivity index (χ1v) is 16.6. The van der Waals surface area contributed by atoms with Gasteiger partial charge >= 0.3 is 6.09 Å². The van der Waals surface area contributed by atoms with Crippen LogP contribution in [0.25, 0.3) is 20.8 Å². The highest BCUT2D eigenvalue weighted by molar-refractivity contribution is 7.89. The minimum Gasteiger partial charge on any atom is -0.453 e. The van der Waals surface area contributed by atoms with Crippen molar-refractivity contribution < 1.29 is 22.7 Å². The van der Waals surface area contributed by atoms with Gasteiger partial charge in [-0.25, -0.2) is 18.2 Å². The average Bonchev–Trinajstić information content (AvgIpc) is 3.57. The van der Waals surface area contributed by atoms with Crippen LogP contribution in [0.2, 0.25) is 0 Å². The second kappa shape index (κ2) is 11.2. The number of nitrogens with zero attached hydrogens (tertiary/aromatic N) is 3. The van der Waals surface area contributed by atoms with Gasteiger partial charge in [-0.15, -0.1) is 22.7 Å². The highest BCUT2D eigenvalue weighted by Crippen LogP contribution is 2.46. The molecule has 0 aliphatic carbocycles. The van der Waals surface area contributed by atoms with E-state index < -0.39 is 10.0 Å². The smallest absolute Gasteiger partial charge is 0.409 e. The third-order valence-corrected chi connectivity index (χ3v) is 11.8. The number of thiophene rings is 1. The van der Waals surface area contributed by atoms with E-state index in [2.05, 4.69) is 12.2 Å². The quantitative estimate of drug-likeness (QED) is 0.305. The molecule has 2 aliphatic heterocycles. The molecule has 2 aliphatic rings. The van der Waals surface area contributed by atoms with Crippen LogP contribution in [0.15, 0.2) is 53.4 Å². The Morgan fingerprint density at radius 2 is 1.76 bits per heavy atom. The van der Waals surface area contributed by atoms with E-state index in [9.17, 15) is 18.0 Å². The van der Waals surface area contributed by atoms with Crippen LogP contribution in [0.5, 0.6) is 0 Å². The van der Waals surface area contributed by atoms with Gasteiger partial charge in [0.2, 0.25) is 10.0 Å². The molecular formula is C29H30N4O5S3. The summed E-state index contributed by atoms with van der Waals surface area (Å²) in [6.45, 7) is 4.06. The average molecular weight is 611 g/mol. The SMILES string of the molecule is COC(=O)N1CCc2c(sc(NC(=O)c3ccc(S(=O)(=O)N4CCC(C)CC4)cc3)c2-c2nc3ccccc3s2)C1. The number of hydrogen-bond acceptors (Lipinski definition) is 8. The van der Waals surface area contributed by atoms with Crippen LogP contribution in [0.1, 0.15) is 40.6 Å². The Morgan fingerprint density at radius 1 is 1.02 bits per heavy atom. The molecule has 2 amide bonds. The molecule has 1 N–H and O–H groups in total. The van der Waals surface area contributed by atoms with Crippen molar-refractivity contribution in [3.05, 3.63) is 64.5 Å². The van der Waals surface area contributed by atoms with Gasteiger partial charge < -0.3 is 15.0 Å². The number of methoxy groups -OCH3 is 1. The molecule has 41 heavy (non-hydrogen) atoms. The molecule has 0 saturated carbocycles. The molecule has 2 aromatic heterocycles. The summed E-state index contributed by atoms with van der Waals surface area (Å²) < 4.78 is 33.8. The van der Waals surface area contributed by atoms with E-state index in [1.165, 1.54) is 34.9 Å². The van der Waals surface area contributed by atoms with Gasteiger partial charge in [-0.3, -0.25) is 4.79 Å². The predicted octanol–water partition coefficient (Wildman–Crippen LogP) is 5.82. The second-order valence-corrected chi connectivity index (χ2v) is 14.5. The number of thiazole rings is 1. The molecular weight excluding hydrogens is 581 g/mol. The highest BCUT2D eigenvalue weighted by atomic mass is 32.2. The molecule has 2 aromatic carbocycles. The summed E-state index contributed by atoms with van der Waals surface area (Å²) in [5.74, 6) is 0.179. The molecule has 9 nitrogen and oxygen atoms in total. The molecule has 12 heteroatoms. The second-order valence-electron chi connectivity index (χ2n) is 10.4. The Balaban J connectivity index is 1.29. The molecule has 0 unspecified atom stereocenters. The van der Waals surface area contributed by atoms with E-state index in [1.54, 1.807) is 28.4 Å². The minimum atomic E-state index is -3.60. The lowest BCUT2D eigenvalue weighted by Gasteiger charge is -2.29. The summed E-state index contributed by atoms with van der Waals surface area (Å²) >= 11 is 2.99. The Morgan fingerprint density at radius 3 is 2.46 bits per heavy atom. The molecule has 0 spiro atoms. The zero-order chi connectivity index (χ0) is 28.7. The largest absolute Gasteiger partial charge is 0.453 e. The molecule has 0 bridgehead atoms. The number of amides is 2. The molecule has 4 aromatic rings. The van der Waals surface area contributed by atoms with Gasteiger partial charge in [-0.05, 0) is 67.1 Å². The lowest BCUT2D eigenvalue weighted by molar-refractivity contribution is 0.102. The monoisotopic (exact) mass is 610 g/mol. The lowest BCUT2D eigenvalue weighted by Crippen LogP contribution is -2.37. The minimum absolute atomic E-state index is 0.188. The summed E-state index contributed by atoms with van der Waals surface area (Å²) in [6.07, 6.45) is 1.92. The topological polar surface area (TPSA) is 109 Å². The van der Waals surface area contributed by atoms with Crippen LogP contribution in [-0.4, -0.2) is 61.4 Å². The Labute approximate surface area is 246 Å². The lowest BCUT2D eigenvalue weighted by atomic mass is 10.0. The third kappa shape index (κ3) is 5.36. The highest BCUT2D eigenvalue weighted by Gasteiger charge is 2.31. The van der Waals surface area contributed by atoms with Crippen LogP contribution in [0.4, 0.5) is 9.80 Å². The number of sulfonamides is 1. The van der Waals surface area contributed by atoms with E-state index in [4.69, 9.17) is 9.72 Å². The molecule has 214 valence electrons. The zero-order valence-electron chi connectivity index (χ0n) is 22.8. The summed E-state index contributed by atoms with van der Waals surface area (Å²) in [5, 5.41) is 4.53. The number of carbonyl (C=O) groups excluding carboxylic acids is 2. The van der Waals surface area contributed by atoms with Gasteiger partial charge in [0.05, 0.1) is 28.8 Å². The third-order valence-electron chi connectivity index (χ3n) is 7.72. The van der Waals surface area contributed by atoms with Gasteiger partial charge in [-0.1, -0.05) is 19.1 Å². The molecule has 0 radical (unpaired) electrons. The number of rotatable bonds is 5. The maximum Gasteiger partial charge on any atom is 0.409 e.